The summed E-state index contributed by atoms with van der Waals surface area (Å²) in [6.07, 6.45) is -4.55. The summed E-state index contributed by atoms with van der Waals surface area (Å²) in [7, 11) is 0. The van der Waals surface area contributed by atoms with E-state index in [4.69, 9.17) is 14.7 Å². The molecule has 0 radical (unpaired) electrons. The van der Waals surface area contributed by atoms with Crippen molar-refractivity contribution in [3.63, 3.8) is 0 Å². The van der Waals surface area contributed by atoms with Crippen LogP contribution in [0.2, 0.25) is 0 Å². The van der Waals surface area contributed by atoms with Gasteiger partial charge in [-0.05, 0) is 37.3 Å². The van der Waals surface area contributed by atoms with Crippen LogP contribution in [0, 0.1) is 11.3 Å². The molecular weight excluding hydrogens is 401 g/mol. The summed E-state index contributed by atoms with van der Waals surface area (Å²) in [6.45, 7) is 1.64. The maximum Gasteiger partial charge on any atom is 0.416 e. The number of benzene rings is 2. The lowest BCUT2D eigenvalue weighted by Crippen LogP contribution is -2.12. The number of alkyl halides is 3. The number of ether oxygens (including phenoxy) is 2. The first-order chi connectivity index (χ1) is 14.3. The third-order valence-electron chi connectivity index (χ3n) is 3.75. The lowest BCUT2D eigenvalue weighted by Gasteiger charge is -2.11. The number of carbonyl (C=O) groups excluding carboxylic acids is 1. The first-order valence-corrected chi connectivity index (χ1v) is 8.59. The fourth-order valence-corrected chi connectivity index (χ4v) is 2.41. The minimum absolute atomic E-state index is 0.0309. The Morgan fingerprint density at radius 3 is 2.60 bits per heavy atom. The zero-order valence-electron chi connectivity index (χ0n) is 15.5. The van der Waals surface area contributed by atoms with Crippen molar-refractivity contribution < 1.29 is 27.4 Å². The molecule has 0 unspecified atom stereocenters. The first kappa shape index (κ1) is 20.7. The van der Waals surface area contributed by atoms with Crippen LogP contribution in [0.5, 0.6) is 11.6 Å². The second-order valence-corrected chi connectivity index (χ2v) is 5.83. The van der Waals surface area contributed by atoms with E-state index in [9.17, 15) is 18.0 Å². The third kappa shape index (κ3) is 4.70. The van der Waals surface area contributed by atoms with Crippen molar-refractivity contribution >= 4 is 5.97 Å². The molecule has 0 bridgehead atoms. The van der Waals surface area contributed by atoms with E-state index in [0.29, 0.717) is 5.56 Å². The molecule has 0 atom stereocenters. The summed E-state index contributed by atoms with van der Waals surface area (Å²) in [5, 5.41) is 16.5. The normalized spacial score (nSPS) is 10.9. The molecule has 1 aromatic heterocycles. The summed E-state index contributed by atoms with van der Waals surface area (Å²) >= 11 is 0. The highest BCUT2D eigenvalue weighted by Crippen LogP contribution is 2.32. The van der Waals surface area contributed by atoms with Gasteiger partial charge < -0.3 is 9.47 Å². The van der Waals surface area contributed by atoms with E-state index in [1.165, 1.54) is 24.3 Å². The highest BCUT2D eigenvalue weighted by Gasteiger charge is 2.31. The van der Waals surface area contributed by atoms with E-state index >= 15 is 0 Å². The molecular formula is C20H13F3N4O3. The largest absolute Gasteiger partial charge is 0.461 e. The molecule has 3 rings (SSSR count). The predicted molar refractivity (Wildman–Crippen MR) is 97.5 cm³/mol. The van der Waals surface area contributed by atoms with Crippen molar-refractivity contribution in [1.29, 1.82) is 5.26 Å². The van der Waals surface area contributed by atoms with Gasteiger partial charge in [0.2, 0.25) is 5.69 Å². The highest BCUT2D eigenvalue weighted by molar-refractivity contribution is 5.89. The van der Waals surface area contributed by atoms with E-state index in [2.05, 4.69) is 15.2 Å². The minimum Gasteiger partial charge on any atom is -0.461 e. The van der Waals surface area contributed by atoms with E-state index < -0.39 is 17.7 Å². The summed E-state index contributed by atoms with van der Waals surface area (Å²) in [4.78, 5) is 16.2. The van der Waals surface area contributed by atoms with Crippen LogP contribution >= 0.6 is 0 Å². The Morgan fingerprint density at radius 1 is 1.13 bits per heavy atom. The Balaban J connectivity index is 2.06. The van der Waals surface area contributed by atoms with Crippen LogP contribution in [0.15, 0.2) is 48.5 Å². The molecule has 0 spiro atoms. The SMILES string of the molecule is CCOC(=O)c1nnc(-c2cccc(C(F)(F)F)c2)nc1Oc1cccc(C#N)c1. The number of aromatic nitrogens is 3. The number of esters is 1. The van der Waals surface area contributed by atoms with Gasteiger partial charge in [-0.2, -0.15) is 23.4 Å². The fourth-order valence-electron chi connectivity index (χ4n) is 2.41. The van der Waals surface area contributed by atoms with Gasteiger partial charge in [0.25, 0.3) is 5.88 Å². The van der Waals surface area contributed by atoms with Gasteiger partial charge in [-0.25, -0.2) is 4.79 Å². The standard InChI is InChI=1S/C20H13F3N4O3/c1-2-29-19(28)16-18(30-15-8-3-5-12(9-15)11-24)25-17(27-26-16)13-6-4-7-14(10-13)20(21,22)23/h3-10H,2H2,1H3. The summed E-state index contributed by atoms with van der Waals surface area (Å²) in [6, 6.07) is 12.3. The third-order valence-corrected chi connectivity index (χ3v) is 3.75. The molecule has 10 heteroatoms. The number of halogens is 3. The quantitative estimate of drug-likeness (QED) is 0.571. The van der Waals surface area contributed by atoms with Gasteiger partial charge in [-0.15, -0.1) is 10.2 Å². The summed E-state index contributed by atoms with van der Waals surface area (Å²) in [5.41, 5.74) is -0.911. The van der Waals surface area contributed by atoms with E-state index in [-0.39, 0.29) is 35.3 Å². The average Bonchev–Trinajstić information content (AvgIpc) is 2.73. The van der Waals surface area contributed by atoms with Gasteiger partial charge in [-0.1, -0.05) is 18.2 Å². The van der Waals surface area contributed by atoms with Crippen LogP contribution in [0.4, 0.5) is 13.2 Å². The predicted octanol–water partition coefficient (Wildman–Crippen LogP) is 4.40. The zero-order chi connectivity index (χ0) is 21.7. The second kappa shape index (κ2) is 8.57. The summed E-state index contributed by atoms with van der Waals surface area (Å²) in [5.74, 6) is -1.18. The molecule has 0 saturated carbocycles. The van der Waals surface area contributed by atoms with Gasteiger partial charge in [0.05, 0.1) is 23.8 Å². The van der Waals surface area contributed by atoms with Crippen molar-refractivity contribution in [2.45, 2.75) is 13.1 Å². The van der Waals surface area contributed by atoms with Crippen LogP contribution in [0.3, 0.4) is 0 Å². The van der Waals surface area contributed by atoms with Crippen molar-refractivity contribution in [2.75, 3.05) is 6.61 Å². The smallest absolute Gasteiger partial charge is 0.416 e. The molecule has 0 aliphatic heterocycles. The molecule has 7 nitrogen and oxygen atoms in total. The molecule has 0 amide bonds. The molecule has 30 heavy (non-hydrogen) atoms. The highest BCUT2D eigenvalue weighted by atomic mass is 19.4. The van der Waals surface area contributed by atoms with E-state index in [1.807, 2.05) is 6.07 Å². The van der Waals surface area contributed by atoms with Crippen LogP contribution in [-0.2, 0) is 10.9 Å². The Kier molecular flexibility index (Phi) is 5.92. The molecule has 3 aromatic rings. The fraction of sp³-hybridized carbons (Fsp3) is 0.150. The average molecular weight is 414 g/mol. The van der Waals surface area contributed by atoms with Crippen LogP contribution < -0.4 is 4.74 Å². The number of carbonyl (C=O) groups is 1. The zero-order valence-corrected chi connectivity index (χ0v) is 15.5. The molecule has 0 fully saturated rings. The topological polar surface area (TPSA) is 98.0 Å². The summed E-state index contributed by atoms with van der Waals surface area (Å²) < 4.78 is 49.5. The van der Waals surface area contributed by atoms with Gasteiger partial charge in [-0.3, -0.25) is 0 Å². The first-order valence-electron chi connectivity index (χ1n) is 8.59. The van der Waals surface area contributed by atoms with Crippen molar-refractivity contribution in [1.82, 2.24) is 15.2 Å². The van der Waals surface area contributed by atoms with Gasteiger partial charge in [0.15, 0.2) is 5.82 Å². The molecule has 2 aromatic carbocycles. The van der Waals surface area contributed by atoms with Crippen LogP contribution in [0.1, 0.15) is 28.5 Å². The Hall–Kier alpha value is -4.00. The minimum atomic E-state index is -4.55. The van der Waals surface area contributed by atoms with Crippen LogP contribution in [0.25, 0.3) is 11.4 Å². The van der Waals surface area contributed by atoms with Gasteiger partial charge >= 0.3 is 12.1 Å². The Labute approximate surface area is 168 Å². The maximum atomic E-state index is 13.0. The molecule has 152 valence electrons. The van der Waals surface area contributed by atoms with Crippen LogP contribution in [-0.4, -0.2) is 27.8 Å². The van der Waals surface area contributed by atoms with E-state index in [1.54, 1.807) is 19.1 Å². The number of nitrogens with zero attached hydrogens (tertiary/aromatic N) is 4. The number of hydrogen-bond acceptors (Lipinski definition) is 7. The van der Waals surface area contributed by atoms with E-state index in [0.717, 1.165) is 12.1 Å². The molecule has 0 aliphatic rings. The molecule has 0 N–H and O–H groups in total. The Bertz CT molecular complexity index is 1130. The monoisotopic (exact) mass is 414 g/mol. The van der Waals surface area contributed by atoms with Crippen molar-refractivity contribution in [2.24, 2.45) is 0 Å². The van der Waals surface area contributed by atoms with Gasteiger partial charge in [0.1, 0.15) is 5.75 Å². The maximum absolute atomic E-state index is 13.0. The number of hydrogen-bond donors (Lipinski definition) is 0. The van der Waals surface area contributed by atoms with Crippen molar-refractivity contribution in [3.05, 3.63) is 65.4 Å². The lowest BCUT2D eigenvalue weighted by molar-refractivity contribution is -0.137. The Morgan fingerprint density at radius 2 is 1.90 bits per heavy atom. The van der Waals surface area contributed by atoms with Crippen molar-refractivity contribution in [3.8, 4) is 29.1 Å². The molecule has 1 heterocycles. The second-order valence-electron chi connectivity index (χ2n) is 5.83. The molecule has 0 saturated heterocycles. The van der Waals surface area contributed by atoms with Gasteiger partial charge in [0, 0.05) is 5.56 Å². The molecule has 0 aliphatic carbocycles. The number of nitriles is 1. The lowest BCUT2D eigenvalue weighted by atomic mass is 10.1. The number of rotatable bonds is 5.